The van der Waals surface area contributed by atoms with Gasteiger partial charge in [-0.15, -0.1) is 0 Å². The number of rotatable bonds is 4. The van der Waals surface area contributed by atoms with E-state index in [1.807, 2.05) is 24.3 Å². The smallest absolute Gasteiger partial charge is 0.248 e. The van der Waals surface area contributed by atoms with E-state index in [0.717, 1.165) is 5.56 Å². The highest BCUT2D eigenvalue weighted by Gasteiger charge is 2.26. The standard InChI is InChI=1S/C12H16ClNO2/c1-12(2,11(15)14-16)8-7-9-5-3-4-6-10(9)13/h3-6,16H,7-8H2,1-2H3,(H,14,15). The van der Waals surface area contributed by atoms with Crippen LogP contribution in [0.15, 0.2) is 24.3 Å². The van der Waals surface area contributed by atoms with E-state index in [4.69, 9.17) is 16.8 Å². The second-order valence-corrected chi connectivity index (χ2v) is 4.82. The zero-order valence-corrected chi connectivity index (χ0v) is 10.2. The van der Waals surface area contributed by atoms with Crippen LogP contribution in [-0.2, 0) is 11.2 Å². The van der Waals surface area contributed by atoms with Gasteiger partial charge in [0.1, 0.15) is 0 Å². The van der Waals surface area contributed by atoms with Crippen LogP contribution in [0.5, 0.6) is 0 Å². The molecule has 16 heavy (non-hydrogen) atoms. The average molecular weight is 242 g/mol. The van der Waals surface area contributed by atoms with Gasteiger partial charge in [-0.2, -0.15) is 0 Å². The molecule has 0 saturated carbocycles. The highest BCUT2D eigenvalue weighted by atomic mass is 35.5. The Morgan fingerprint density at radius 1 is 1.44 bits per heavy atom. The van der Waals surface area contributed by atoms with Gasteiger partial charge in [-0.1, -0.05) is 43.6 Å². The molecule has 88 valence electrons. The van der Waals surface area contributed by atoms with Crippen molar-refractivity contribution >= 4 is 17.5 Å². The van der Waals surface area contributed by atoms with Crippen LogP contribution in [0.1, 0.15) is 25.8 Å². The van der Waals surface area contributed by atoms with Gasteiger partial charge in [0.25, 0.3) is 0 Å². The molecule has 1 aromatic carbocycles. The minimum atomic E-state index is -0.603. The van der Waals surface area contributed by atoms with E-state index in [9.17, 15) is 4.79 Å². The van der Waals surface area contributed by atoms with Gasteiger partial charge in [0.15, 0.2) is 0 Å². The summed E-state index contributed by atoms with van der Waals surface area (Å²) in [7, 11) is 0. The van der Waals surface area contributed by atoms with E-state index in [1.54, 1.807) is 19.3 Å². The van der Waals surface area contributed by atoms with Crippen molar-refractivity contribution in [3.63, 3.8) is 0 Å². The van der Waals surface area contributed by atoms with Crippen LogP contribution in [-0.4, -0.2) is 11.1 Å². The molecule has 0 bridgehead atoms. The SMILES string of the molecule is CC(C)(CCc1ccccc1Cl)C(=O)NO. The van der Waals surface area contributed by atoms with E-state index in [-0.39, 0.29) is 5.91 Å². The van der Waals surface area contributed by atoms with Crippen molar-refractivity contribution in [1.82, 2.24) is 5.48 Å². The monoisotopic (exact) mass is 241 g/mol. The lowest BCUT2D eigenvalue weighted by atomic mass is 9.85. The molecular weight excluding hydrogens is 226 g/mol. The van der Waals surface area contributed by atoms with Gasteiger partial charge in [0.05, 0.1) is 0 Å². The maximum absolute atomic E-state index is 11.3. The number of benzene rings is 1. The summed E-state index contributed by atoms with van der Waals surface area (Å²) in [6.07, 6.45) is 1.34. The number of carbonyl (C=O) groups excluding carboxylic acids is 1. The molecule has 0 radical (unpaired) electrons. The second kappa shape index (κ2) is 5.32. The highest BCUT2D eigenvalue weighted by molar-refractivity contribution is 6.31. The lowest BCUT2D eigenvalue weighted by Crippen LogP contribution is -2.35. The summed E-state index contributed by atoms with van der Waals surface area (Å²) in [5.74, 6) is -0.375. The zero-order valence-electron chi connectivity index (χ0n) is 9.46. The van der Waals surface area contributed by atoms with Crippen molar-refractivity contribution in [3.8, 4) is 0 Å². The lowest BCUT2D eigenvalue weighted by Gasteiger charge is -2.21. The number of hydrogen-bond acceptors (Lipinski definition) is 2. The van der Waals surface area contributed by atoms with Gasteiger partial charge < -0.3 is 0 Å². The van der Waals surface area contributed by atoms with E-state index in [2.05, 4.69) is 0 Å². The number of hydrogen-bond donors (Lipinski definition) is 2. The fourth-order valence-electron chi connectivity index (χ4n) is 1.41. The second-order valence-electron chi connectivity index (χ2n) is 4.42. The van der Waals surface area contributed by atoms with Crippen LogP contribution in [0.25, 0.3) is 0 Å². The molecule has 0 spiro atoms. The molecule has 0 aliphatic heterocycles. The predicted octanol–water partition coefficient (Wildman–Crippen LogP) is 2.80. The van der Waals surface area contributed by atoms with Gasteiger partial charge in [0, 0.05) is 10.4 Å². The fraction of sp³-hybridized carbons (Fsp3) is 0.417. The summed E-state index contributed by atoms with van der Waals surface area (Å²) in [6.45, 7) is 3.57. The number of amides is 1. The molecule has 0 aromatic heterocycles. The van der Waals surface area contributed by atoms with Crippen LogP contribution >= 0.6 is 11.6 Å². The minimum Gasteiger partial charge on any atom is -0.289 e. The maximum atomic E-state index is 11.3. The Kier molecular flexibility index (Phi) is 4.33. The van der Waals surface area contributed by atoms with Crippen molar-refractivity contribution < 1.29 is 10.0 Å². The van der Waals surface area contributed by atoms with Gasteiger partial charge >= 0.3 is 0 Å². The predicted molar refractivity (Wildman–Crippen MR) is 63.5 cm³/mol. The third kappa shape index (κ3) is 3.22. The first-order chi connectivity index (χ1) is 7.47. The topological polar surface area (TPSA) is 49.3 Å². The molecule has 0 saturated heterocycles. The van der Waals surface area contributed by atoms with Crippen LogP contribution in [0, 0.1) is 5.41 Å². The Labute approximate surface area is 100 Å². The number of halogens is 1. The summed E-state index contributed by atoms with van der Waals surface area (Å²) in [5.41, 5.74) is 2.10. The molecule has 4 heteroatoms. The summed E-state index contributed by atoms with van der Waals surface area (Å²) in [4.78, 5) is 11.3. The average Bonchev–Trinajstić information content (AvgIpc) is 2.27. The molecule has 0 fully saturated rings. The largest absolute Gasteiger partial charge is 0.289 e. The van der Waals surface area contributed by atoms with Crippen LogP contribution in [0.2, 0.25) is 5.02 Å². The maximum Gasteiger partial charge on any atom is 0.248 e. The Balaban J connectivity index is 2.65. The minimum absolute atomic E-state index is 0.375. The van der Waals surface area contributed by atoms with Crippen molar-refractivity contribution in [2.24, 2.45) is 5.41 Å². The van der Waals surface area contributed by atoms with Crippen molar-refractivity contribution in [3.05, 3.63) is 34.9 Å². The van der Waals surface area contributed by atoms with E-state index in [0.29, 0.717) is 17.9 Å². The Bertz CT molecular complexity index is 377. The number of nitrogens with one attached hydrogen (secondary N) is 1. The number of hydroxylamine groups is 1. The van der Waals surface area contributed by atoms with E-state index >= 15 is 0 Å². The van der Waals surface area contributed by atoms with E-state index in [1.165, 1.54) is 0 Å². The van der Waals surface area contributed by atoms with Gasteiger partial charge in [-0.05, 0) is 24.5 Å². The van der Waals surface area contributed by atoms with Gasteiger partial charge in [0.2, 0.25) is 5.91 Å². The highest BCUT2D eigenvalue weighted by Crippen LogP contribution is 2.25. The Morgan fingerprint density at radius 3 is 2.62 bits per heavy atom. The molecule has 0 aliphatic carbocycles. The summed E-state index contributed by atoms with van der Waals surface area (Å²) in [6, 6.07) is 7.56. The lowest BCUT2D eigenvalue weighted by molar-refractivity contribution is -0.138. The summed E-state index contributed by atoms with van der Waals surface area (Å²) < 4.78 is 0. The van der Waals surface area contributed by atoms with Crippen molar-refractivity contribution in [1.29, 1.82) is 0 Å². The first kappa shape index (κ1) is 13.0. The van der Waals surface area contributed by atoms with Crippen LogP contribution in [0.4, 0.5) is 0 Å². The molecule has 2 N–H and O–H groups in total. The molecule has 1 aromatic rings. The molecular formula is C12H16ClNO2. The Hall–Kier alpha value is -1.06. The van der Waals surface area contributed by atoms with Gasteiger partial charge in [-0.3, -0.25) is 10.0 Å². The normalized spacial score (nSPS) is 11.2. The molecule has 0 aliphatic rings. The fourth-order valence-corrected chi connectivity index (χ4v) is 1.64. The molecule has 1 amide bonds. The van der Waals surface area contributed by atoms with Crippen LogP contribution in [0.3, 0.4) is 0 Å². The third-order valence-corrected chi connectivity index (χ3v) is 3.06. The summed E-state index contributed by atoms with van der Waals surface area (Å²) >= 11 is 6.02. The molecule has 3 nitrogen and oxygen atoms in total. The first-order valence-corrected chi connectivity index (χ1v) is 5.53. The third-order valence-electron chi connectivity index (χ3n) is 2.69. The van der Waals surface area contributed by atoms with E-state index < -0.39 is 5.41 Å². The van der Waals surface area contributed by atoms with Gasteiger partial charge in [-0.25, -0.2) is 5.48 Å². The van der Waals surface area contributed by atoms with Crippen molar-refractivity contribution in [2.75, 3.05) is 0 Å². The number of aryl methyl sites for hydroxylation is 1. The zero-order chi connectivity index (χ0) is 12.2. The first-order valence-electron chi connectivity index (χ1n) is 5.15. The number of carbonyl (C=O) groups is 1. The quantitative estimate of drug-likeness (QED) is 0.629. The van der Waals surface area contributed by atoms with Crippen molar-refractivity contribution in [2.45, 2.75) is 26.7 Å². The van der Waals surface area contributed by atoms with Crippen LogP contribution < -0.4 is 5.48 Å². The summed E-state index contributed by atoms with van der Waals surface area (Å²) in [5, 5.41) is 9.31. The molecule has 0 unspecified atom stereocenters. The molecule has 0 heterocycles. The molecule has 1 rings (SSSR count). The Morgan fingerprint density at radius 2 is 2.06 bits per heavy atom. The molecule has 0 atom stereocenters.